The van der Waals surface area contributed by atoms with Crippen LogP contribution >= 0.6 is 0 Å². The highest BCUT2D eigenvalue weighted by Gasteiger charge is 2.64. The van der Waals surface area contributed by atoms with Crippen LogP contribution in [0.1, 0.15) is 27.7 Å². The number of rotatable bonds is 0. The van der Waals surface area contributed by atoms with Gasteiger partial charge in [0.1, 0.15) is 11.7 Å². The number of ether oxygens (including phenoxy) is 5. The summed E-state index contributed by atoms with van der Waals surface area (Å²) >= 11 is 0. The van der Waals surface area contributed by atoms with Gasteiger partial charge in [-0.25, -0.2) is 0 Å². The molecule has 92 valence electrons. The molecule has 0 radical (unpaired) electrons. The van der Waals surface area contributed by atoms with Gasteiger partial charge in [-0.3, -0.25) is 0 Å². The molecule has 0 amide bonds. The Labute approximate surface area is 94.9 Å². The van der Waals surface area contributed by atoms with Crippen molar-refractivity contribution in [2.75, 3.05) is 13.2 Å². The van der Waals surface area contributed by atoms with Gasteiger partial charge in [0, 0.05) is 0 Å². The van der Waals surface area contributed by atoms with Gasteiger partial charge in [-0.05, 0) is 27.7 Å². The van der Waals surface area contributed by atoms with Crippen LogP contribution < -0.4 is 0 Å². The van der Waals surface area contributed by atoms with Crippen molar-refractivity contribution >= 4 is 0 Å². The maximum absolute atomic E-state index is 5.95. The number of fused-ring (bicyclic) bond motifs is 2. The highest BCUT2D eigenvalue weighted by atomic mass is 16.9. The first-order chi connectivity index (χ1) is 7.32. The second kappa shape index (κ2) is 2.97. The Balaban J connectivity index is 1.84. The minimum Gasteiger partial charge on any atom is -0.347 e. The van der Waals surface area contributed by atoms with E-state index in [0.29, 0.717) is 13.2 Å². The van der Waals surface area contributed by atoms with E-state index >= 15 is 0 Å². The predicted octanol–water partition coefficient (Wildman–Crippen LogP) is 1.02. The fourth-order valence-corrected chi connectivity index (χ4v) is 2.57. The zero-order chi connectivity index (χ0) is 11.6. The molecule has 0 aliphatic carbocycles. The Morgan fingerprint density at radius 2 is 1.69 bits per heavy atom. The van der Waals surface area contributed by atoms with E-state index in [9.17, 15) is 0 Å². The first-order valence-electron chi connectivity index (χ1n) is 5.63. The second-order valence-corrected chi connectivity index (χ2v) is 5.59. The quantitative estimate of drug-likeness (QED) is 0.621. The highest BCUT2D eigenvalue weighted by molar-refractivity contribution is 5.03. The Morgan fingerprint density at radius 3 is 2.31 bits per heavy atom. The fourth-order valence-electron chi connectivity index (χ4n) is 2.57. The molecule has 0 saturated carbocycles. The van der Waals surface area contributed by atoms with Crippen molar-refractivity contribution in [1.82, 2.24) is 0 Å². The Kier molecular flexibility index (Phi) is 2.03. The molecule has 5 heteroatoms. The summed E-state index contributed by atoms with van der Waals surface area (Å²) in [4.78, 5) is 0. The lowest BCUT2D eigenvalue weighted by molar-refractivity contribution is -0.225. The van der Waals surface area contributed by atoms with Gasteiger partial charge in [-0.15, -0.1) is 0 Å². The smallest absolute Gasteiger partial charge is 0.190 e. The molecule has 3 fully saturated rings. The molecule has 16 heavy (non-hydrogen) atoms. The topological polar surface area (TPSA) is 46.2 Å². The van der Waals surface area contributed by atoms with Crippen LogP contribution in [0.25, 0.3) is 0 Å². The van der Waals surface area contributed by atoms with Gasteiger partial charge in [0.2, 0.25) is 0 Å². The van der Waals surface area contributed by atoms with E-state index in [1.165, 1.54) is 0 Å². The average molecular weight is 230 g/mol. The summed E-state index contributed by atoms with van der Waals surface area (Å²) in [5, 5.41) is 0. The van der Waals surface area contributed by atoms with Crippen molar-refractivity contribution in [2.24, 2.45) is 0 Å². The molecule has 3 saturated heterocycles. The predicted molar refractivity (Wildman–Crippen MR) is 53.6 cm³/mol. The largest absolute Gasteiger partial charge is 0.347 e. The van der Waals surface area contributed by atoms with Crippen LogP contribution in [0.3, 0.4) is 0 Å². The van der Waals surface area contributed by atoms with E-state index in [1.54, 1.807) is 0 Å². The molecular weight excluding hydrogens is 212 g/mol. The van der Waals surface area contributed by atoms with Crippen LogP contribution in [-0.2, 0) is 23.7 Å². The van der Waals surface area contributed by atoms with Crippen molar-refractivity contribution in [3.05, 3.63) is 0 Å². The zero-order valence-electron chi connectivity index (χ0n) is 10.1. The maximum Gasteiger partial charge on any atom is 0.190 e. The summed E-state index contributed by atoms with van der Waals surface area (Å²) in [6.07, 6.45) is -0.545. The lowest BCUT2D eigenvalue weighted by atomic mass is 10.0. The summed E-state index contributed by atoms with van der Waals surface area (Å²) in [6.45, 7) is 8.50. The summed E-state index contributed by atoms with van der Waals surface area (Å²) in [5.41, 5.74) is -0.512. The fraction of sp³-hybridized carbons (Fsp3) is 1.00. The van der Waals surface area contributed by atoms with E-state index in [-0.39, 0.29) is 12.4 Å². The molecule has 5 nitrogen and oxygen atoms in total. The van der Waals surface area contributed by atoms with E-state index < -0.39 is 17.2 Å². The lowest BCUT2D eigenvalue weighted by Gasteiger charge is -2.28. The maximum atomic E-state index is 5.95. The minimum atomic E-state index is -0.612. The van der Waals surface area contributed by atoms with Gasteiger partial charge in [0.25, 0.3) is 0 Å². The van der Waals surface area contributed by atoms with Crippen molar-refractivity contribution in [3.63, 3.8) is 0 Å². The van der Waals surface area contributed by atoms with Gasteiger partial charge in [-0.2, -0.15) is 0 Å². The Hall–Kier alpha value is -0.200. The Morgan fingerprint density at radius 1 is 0.938 bits per heavy atom. The van der Waals surface area contributed by atoms with E-state index in [1.807, 2.05) is 27.7 Å². The molecule has 3 atom stereocenters. The van der Waals surface area contributed by atoms with E-state index in [2.05, 4.69) is 0 Å². The molecule has 3 heterocycles. The Bertz CT molecular complexity index is 311. The van der Waals surface area contributed by atoms with Crippen LogP contribution in [0.2, 0.25) is 0 Å². The van der Waals surface area contributed by atoms with Gasteiger partial charge in [0.15, 0.2) is 17.9 Å². The SMILES string of the molecule is CC1(C)O[C@H]2OC[C@@]3(COC(C)(C)O3)[C@H]2O1. The minimum absolute atomic E-state index is 0.204. The summed E-state index contributed by atoms with van der Waals surface area (Å²) in [7, 11) is 0. The highest BCUT2D eigenvalue weighted by Crippen LogP contribution is 2.46. The molecule has 3 aliphatic rings. The molecule has 1 spiro atoms. The number of hydrogen-bond donors (Lipinski definition) is 0. The molecular formula is C11H18O5. The van der Waals surface area contributed by atoms with Crippen molar-refractivity contribution in [1.29, 1.82) is 0 Å². The van der Waals surface area contributed by atoms with Gasteiger partial charge in [0.05, 0.1) is 13.2 Å². The summed E-state index contributed by atoms with van der Waals surface area (Å²) in [5.74, 6) is -1.19. The van der Waals surface area contributed by atoms with Crippen molar-refractivity contribution in [2.45, 2.75) is 57.3 Å². The monoisotopic (exact) mass is 230 g/mol. The van der Waals surface area contributed by atoms with Gasteiger partial charge in [-0.1, -0.05) is 0 Å². The van der Waals surface area contributed by atoms with E-state index in [4.69, 9.17) is 23.7 Å². The normalized spacial score (nSPS) is 48.8. The third kappa shape index (κ3) is 1.50. The molecule has 3 aliphatic heterocycles. The second-order valence-electron chi connectivity index (χ2n) is 5.59. The molecule has 0 aromatic carbocycles. The van der Waals surface area contributed by atoms with Crippen molar-refractivity contribution in [3.8, 4) is 0 Å². The van der Waals surface area contributed by atoms with Crippen LogP contribution in [0.5, 0.6) is 0 Å². The lowest BCUT2D eigenvalue weighted by Crippen LogP contribution is -2.47. The molecule has 3 rings (SSSR count). The molecule has 0 N–H and O–H groups in total. The molecule has 0 bridgehead atoms. The van der Waals surface area contributed by atoms with Crippen LogP contribution in [0, 0.1) is 0 Å². The average Bonchev–Trinajstić information content (AvgIpc) is 2.69. The zero-order valence-corrected chi connectivity index (χ0v) is 10.1. The molecule has 0 aromatic rings. The van der Waals surface area contributed by atoms with E-state index in [0.717, 1.165) is 0 Å². The molecule has 0 unspecified atom stereocenters. The molecule has 0 aromatic heterocycles. The van der Waals surface area contributed by atoms with Gasteiger partial charge < -0.3 is 23.7 Å². The van der Waals surface area contributed by atoms with Crippen LogP contribution in [0.15, 0.2) is 0 Å². The third-order valence-electron chi connectivity index (χ3n) is 3.18. The van der Waals surface area contributed by atoms with Crippen LogP contribution in [-0.4, -0.2) is 42.8 Å². The summed E-state index contributed by atoms with van der Waals surface area (Å²) in [6, 6.07) is 0. The van der Waals surface area contributed by atoms with Crippen LogP contribution in [0.4, 0.5) is 0 Å². The third-order valence-corrected chi connectivity index (χ3v) is 3.18. The first kappa shape index (κ1) is 10.9. The standard InChI is InChI=1S/C11H18O5/c1-9(2)13-6-11(16-9)5-12-8-7(11)14-10(3,4)15-8/h7-8H,5-6H2,1-4H3/t7-,8+,11+/m0/s1. The summed E-state index contributed by atoms with van der Waals surface area (Å²) < 4.78 is 28.7. The van der Waals surface area contributed by atoms with Gasteiger partial charge >= 0.3 is 0 Å². The number of hydrogen-bond acceptors (Lipinski definition) is 5. The first-order valence-corrected chi connectivity index (χ1v) is 5.63. The van der Waals surface area contributed by atoms with Crippen molar-refractivity contribution < 1.29 is 23.7 Å².